The number of amides is 1. The molecule has 0 saturated carbocycles. The number of rotatable bonds is 4. The fourth-order valence-corrected chi connectivity index (χ4v) is 4.66. The molecular weight excluding hydrogens is 404 g/mol. The quantitative estimate of drug-likeness (QED) is 0.593. The Morgan fingerprint density at radius 3 is 2.42 bits per heavy atom. The summed E-state index contributed by atoms with van der Waals surface area (Å²) in [6.07, 6.45) is 0.746. The number of carbonyl (C=O) groups is 1. The van der Waals surface area contributed by atoms with Gasteiger partial charge in [-0.2, -0.15) is 4.37 Å². The van der Waals surface area contributed by atoms with E-state index in [0.717, 1.165) is 36.0 Å². The largest absolute Gasteiger partial charge is 0.343 e. The lowest BCUT2D eigenvalue weighted by Crippen LogP contribution is -2.54. The van der Waals surface area contributed by atoms with E-state index < -0.39 is 0 Å². The number of aromatic nitrogens is 2. The van der Waals surface area contributed by atoms with Gasteiger partial charge in [0.2, 0.25) is 5.13 Å². The number of nitrogens with zero attached hydrogens (tertiary/aromatic N) is 4. The molecule has 0 aliphatic carbocycles. The Morgan fingerprint density at radius 2 is 1.77 bits per heavy atom. The topological polar surface area (TPSA) is 49.3 Å². The molecule has 31 heavy (non-hydrogen) atoms. The number of hydrogen-bond acceptors (Lipinski definition) is 5. The van der Waals surface area contributed by atoms with Crippen LogP contribution >= 0.6 is 11.5 Å². The van der Waals surface area contributed by atoms with Crippen molar-refractivity contribution in [3.8, 4) is 0 Å². The third-order valence-electron chi connectivity index (χ3n) is 5.82. The Bertz CT molecular complexity index is 1020. The van der Waals surface area contributed by atoms with Crippen molar-refractivity contribution < 1.29 is 4.79 Å². The van der Waals surface area contributed by atoms with E-state index >= 15 is 0 Å². The third-order valence-corrected chi connectivity index (χ3v) is 6.63. The van der Waals surface area contributed by atoms with Gasteiger partial charge in [-0.05, 0) is 35.6 Å². The second kappa shape index (κ2) is 8.79. The Morgan fingerprint density at radius 1 is 1.06 bits per heavy atom. The SMILES string of the molecule is CC1CN(c2nc(Cc3ccccc3)ns2)CCN1C(=O)c1ccc(C(C)(C)C)cc1. The van der Waals surface area contributed by atoms with E-state index in [1.165, 1.54) is 22.7 Å². The summed E-state index contributed by atoms with van der Waals surface area (Å²) in [6, 6.07) is 18.5. The molecule has 1 saturated heterocycles. The molecule has 0 N–H and O–H groups in total. The van der Waals surface area contributed by atoms with Gasteiger partial charge in [0.05, 0.1) is 0 Å². The Labute approximate surface area is 188 Å². The van der Waals surface area contributed by atoms with Crippen molar-refractivity contribution in [2.45, 2.75) is 45.6 Å². The minimum Gasteiger partial charge on any atom is -0.343 e. The smallest absolute Gasteiger partial charge is 0.254 e. The molecule has 2 aromatic carbocycles. The Hall–Kier alpha value is -2.73. The summed E-state index contributed by atoms with van der Waals surface area (Å²) in [4.78, 5) is 22.1. The summed E-state index contributed by atoms with van der Waals surface area (Å²) in [7, 11) is 0. The first-order chi connectivity index (χ1) is 14.8. The highest BCUT2D eigenvalue weighted by Gasteiger charge is 2.29. The van der Waals surface area contributed by atoms with Gasteiger partial charge in [0.15, 0.2) is 0 Å². The van der Waals surface area contributed by atoms with Crippen molar-refractivity contribution in [1.82, 2.24) is 14.3 Å². The Balaban J connectivity index is 1.39. The minimum atomic E-state index is 0.0849. The van der Waals surface area contributed by atoms with E-state index in [1.54, 1.807) is 0 Å². The number of piperazine rings is 1. The molecule has 0 radical (unpaired) electrons. The zero-order valence-electron chi connectivity index (χ0n) is 18.7. The molecule has 1 amide bonds. The van der Waals surface area contributed by atoms with Crippen LogP contribution in [0.25, 0.3) is 0 Å². The molecule has 5 nitrogen and oxygen atoms in total. The van der Waals surface area contributed by atoms with E-state index in [1.807, 2.05) is 35.2 Å². The summed E-state index contributed by atoms with van der Waals surface area (Å²) in [6.45, 7) is 10.9. The van der Waals surface area contributed by atoms with Crippen LogP contribution in [0.3, 0.4) is 0 Å². The van der Waals surface area contributed by atoms with Crippen LogP contribution in [0.5, 0.6) is 0 Å². The van der Waals surface area contributed by atoms with Gasteiger partial charge in [0.1, 0.15) is 5.82 Å². The third kappa shape index (κ3) is 4.96. The zero-order chi connectivity index (χ0) is 22.0. The van der Waals surface area contributed by atoms with Crippen LogP contribution in [0.15, 0.2) is 54.6 Å². The van der Waals surface area contributed by atoms with Crippen LogP contribution in [0.2, 0.25) is 0 Å². The monoisotopic (exact) mass is 434 g/mol. The van der Waals surface area contributed by atoms with Crippen molar-refractivity contribution >= 4 is 22.6 Å². The van der Waals surface area contributed by atoms with E-state index in [4.69, 9.17) is 4.98 Å². The van der Waals surface area contributed by atoms with Crippen molar-refractivity contribution in [2.75, 3.05) is 24.5 Å². The molecule has 1 aliphatic rings. The highest BCUT2D eigenvalue weighted by atomic mass is 32.1. The average molecular weight is 435 g/mol. The molecule has 1 atom stereocenters. The molecule has 1 aromatic heterocycles. The molecule has 0 spiro atoms. The van der Waals surface area contributed by atoms with Gasteiger partial charge in [-0.3, -0.25) is 4.79 Å². The van der Waals surface area contributed by atoms with Crippen molar-refractivity contribution in [1.29, 1.82) is 0 Å². The summed E-state index contributed by atoms with van der Waals surface area (Å²) >= 11 is 1.45. The number of anilines is 1. The zero-order valence-corrected chi connectivity index (χ0v) is 19.5. The molecule has 1 unspecified atom stereocenters. The van der Waals surface area contributed by atoms with Crippen LogP contribution in [-0.4, -0.2) is 45.8 Å². The van der Waals surface area contributed by atoms with E-state index in [0.29, 0.717) is 6.54 Å². The maximum Gasteiger partial charge on any atom is 0.254 e. The van der Waals surface area contributed by atoms with E-state index in [-0.39, 0.29) is 17.4 Å². The number of hydrogen-bond donors (Lipinski definition) is 0. The first kappa shape index (κ1) is 21.5. The van der Waals surface area contributed by atoms with Crippen LogP contribution in [-0.2, 0) is 11.8 Å². The van der Waals surface area contributed by atoms with Crippen LogP contribution in [0.4, 0.5) is 5.13 Å². The molecule has 162 valence electrons. The lowest BCUT2D eigenvalue weighted by Gasteiger charge is -2.39. The van der Waals surface area contributed by atoms with Gasteiger partial charge in [0.25, 0.3) is 5.91 Å². The first-order valence-electron chi connectivity index (χ1n) is 10.8. The number of benzene rings is 2. The van der Waals surface area contributed by atoms with Crippen LogP contribution in [0.1, 0.15) is 55.0 Å². The van der Waals surface area contributed by atoms with Gasteiger partial charge < -0.3 is 9.80 Å². The normalized spacial score (nSPS) is 17.1. The molecule has 6 heteroatoms. The highest BCUT2D eigenvalue weighted by molar-refractivity contribution is 7.09. The van der Waals surface area contributed by atoms with Gasteiger partial charge >= 0.3 is 0 Å². The number of carbonyl (C=O) groups excluding carboxylic acids is 1. The molecule has 0 bridgehead atoms. The van der Waals surface area contributed by atoms with Gasteiger partial charge in [-0.25, -0.2) is 4.98 Å². The Kier molecular flexibility index (Phi) is 6.10. The van der Waals surface area contributed by atoms with Crippen molar-refractivity contribution in [2.24, 2.45) is 0 Å². The summed E-state index contributed by atoms with van der Waals surface area (Å²) < 4.78 is 4.55. The molecule has 1 aliphatic heterocycles. The molecule has 4 rings (SSSR count). The van der Waals surface area contributed by atoms with E-state index in [2.05, 4.69) is 61.2 Å². The fourth-order valence-electron chi connectivity index (χ4n) is 3.94. The van der Waals surface area contributed by atoms with Gasteiger partial charge in [-0.1, -0.05) is 63.2 Å². The van der Waals surface area contributed by atoms with Gasteiger partial charge in [-0.15, -0.1) is 0 Å². The highest BCUT2D eigenvalue weighted by Crippen LogP contribution is 2.25. The predicted molar refractivity (Wildman–Crippen MR) is 127 cm³/mol. The maximum absolute atomic E-state index is 13.1. The second-order valence-electron chi connectivity index (χ2n) is 9.28. The molecule has 3 aromatic rings. The summed E-state index contributed by atoms with van der Waals surface area (Å²) in [5.41, 5.74) is 3.30. The summed E-state index contributed by atoms with van der Waals surface area (Å²) in [5.74, 6) is 0.964. The molecule has 1 fully saturated rings. The van der Waals surface area contributed by atoms with Crippen molar-refractivity contribution in [3.63, 3.8) is 0 Å². The summed E-state index contributed by atoms with van der Waals surface area (Å²) in [5, 5.41) is 0.944. The van der Waals surface area contributed by atoms with Crippen LogP contribution < -0.4 is 4.90 Å². The molecule has 2 heterocycles. The lowest BCUT2D eigenvalue weighted by molar-refractivity contribution is 0.0674. The molecular formula is C25H30N4OS. The van der Waals surface area contributed by atoms with E-state index in [9.17, 15) is 4.79 Å². The average Bonchev–Trinajstić information content (AvgIpc) is 3.22. The predicted octanol–water partition coefficient (Wildman–Crippen LogP) is 4.78. The van der Waals surface area contributed by atoms with Gasteiger partial charge in [0, 0.05) is 49.2 Å². The van der Waals surface area contributed by atoms with Crippen molar-refractivity contribution in [3.05, 3.63) is 77.1 Å². The van der Waals surface area contributed by atoms with Crippen LogP contribution in [0, 0.1) is 0 Å². The minimum absolute atomic E-state index is 0.0849. The second-order valence-corrected chi connectivity index (χ2v) is 10.0. The first-order valence-corrected chi connectivity index (χ1v) is 11.6. The fraction of sp³-hybridized carbons (Fsp3) is 0.400. The standard InChI is InChI=1S/C25H30N4OS/c1-18-17-28(24-26-22(27-31-24)16-19-8-6-5-7-9-19)14-15-29(18)23(30)20-10-12-21(13-11-20)25(2,3)4/h5-13,18H,14-17H2,1-4H3. The lowest BCUT2D eigenvalue weighted by atomic mass is 9.86. The maximum atomic E-state index is 13.1.